The zero-order chi connectivity index (χ0) is 15.2. The van der Waals surface area contributed by atoms with Crippen molar-refractivity contribution >= 4 is 11.6 Å². The van der Waals surface area contributed by atoms with E-state index in [1.807, 2.05) is 6.07 Å². The zero-order valence-electron chi connectivity index (χ0n) is 12.2. The average Bonchev–Trinajstić information content (AvgIpc) is 2.54. The van der Waals surface area contributed by atoms with Crippen molar-refractivity contribution in [2.75, 3.05) is 26.6 Å². The van der Waals surface area contributed by atoms with Crippen LogP contribution in [0.25, 0.3) is 0 Å². The fourth-order valence-corrected chi connectivity index (χ4v) is 1.89. The van der Waals surface area contributed by atoms with Crippen molar-refractivity contribution in [2.24, 2.45) is 0 Å². The summed E-state index contributed by atoms with van der Waals surface area (Å²) in [6.07, 6.45) is 0. The molecule has 0 aliphatic rings. The molecule has 110 valence electrons. The number of carbonyl (C=O) groups is 1. The Morgan fingerprint density at radius 3 is 2.29 bits per heavy atom. The summed E-state index contributed by atoms with van der Waals surface area (Å²) in [6.45, 7) is 0. The van der Waals surface area contributed by atoms with Crippen molar-refractivity contribution in [3.05, 3.63) is 48.0 Å². The minimum absolute atomic E-state index is 0.279. The van der Waals surface area contributed by atoms with Gasteiger partial charge in [-0.2, -0.15) is 0 Å². The van der Waals surface area contributed by atoms with Crippen LogP contribution >= 0.6 is 0 Å². The number of hydrogen-bond donors (Lipinski definition) is 1. The number of rotatable bonds is 5. The molecule has 0 radical (unpaired) electrons. The molecule has 0 heterocycles. The second-order valence-corrected chi connectivity index (χ2v) is 4.25. The molecule has 0 fully saturated rings. The van der Waals surface area contributed by atoms with Crippen LogP contribution in [0.4, 0.5) is 5.69 Å². The van der Waals surface area contributed by atoms with Crippen molar-refractivity contribution in [1.29, 1.82) is 0 Å². The van der Waals surface area contributed by atoms with Gasteiger partial charge in [0.05, 0.1) is 26.9 Å². The summed E-state index contributed by atoms with van der Waals surface area (Å²) < 4.78 is 15.5. The first-order valence-electron chi connectivity index (χ1n) is 6.35. The molecule has 1 N–H and O–H groups in total. The van der Waals surface area contributed by atoms with Gasteiger partial charge < -0.3 is 19.5 Å². The molecule has 1 amide bonds. The number of ether oxygens (including phenoxy) is 3. The average molecular weight is 287 g/mol. The van der Waals surface area contributed by atoms with E-state index in [1.54, 1.807) is 50.6 Å². The summed E-state index contributed by atoms with van der Waals surface area (Å²) in [5, 5.41) is 2.80. The fraction of sp³-hybridized carbons (Fsp3) is 0.188. The molecule has 21 heavy (non-hydrogen) atoms. The first-order chi connectivity index (χ1) is 10.2. The van der Waals surface area contributed by atoms with Crippen LogP contribution in [0.2, 0.25) is 0 Å². The van der Waals surface area contributed by atoms with Crippen LogP contribution in [0, 0.1) is 0 Å². The first-order valence-corrected chi connectivity index (χ1v) is 6.35. The summed E-state index contributed by atoms with van der Waals surface area (Å²) in [5.74, 6) is 1.46. The third-order valence-electron chi connectivity index (χ3n) is 2.98. The molecule has 5 heteroatoms. The molecule has 0 aliphatic heterocycles. The van der Waals surface area contributed by atoms with Gasteiger partial charge in [0.15, 0.2) is 0 Å². The van der Waals surface area contributed by atoms with Gasteiger partial charge in [0.25, 0.3) is 5.91 Å². The highest BCUT2D eigenvalue weighted by molar-refractivity contribution is 6.06. The monoisotopic (exact) mass is 287 g/mol. The van der Waals surface area contributed by atoms with E-state index >= 15 is 0 Å². The van der Waals surface area contributed by atoms with E-state index < -0.39 is 0 Å². The summed E-state index contributed by atoms with van der Waals surface area (Å²) in [7, 11) is 4.64. The van der Waals surface area contributed by atoms with E-state index in [4.69, 9.17) is 14.2 Å². The first kappa shape index (κ1) is 14.7. The highest BCUT2D eigenvalue weighted by Gasteiger charge is 2.14. The van der Waals surface area contributed by atoms with Gasteiger partial charge in [-0.15, -0.1) is 0 Å². The van der Waals surface area contributed by atoms with Crippen LogP contribution in [-0.4, -0.2) is 27.2 Å². The standard InChI is InChI=1S/C16H17NO4/c1-19-12-6-4-5-11(9-12)17-16(18)14-10-13(20-2)7-8-15(14)21-3/h4-10H,1-3H3,(H,17,18). The predicted molar refractivity (Wildman–Crippen MR) is 80.5 cm³/mol. The quantitative estimate of drug-likeness (QED) is 0.918. The van der Waals surface area contributed by atoms with Crippen LogP contribution in [0.15, 0.2) is 42.5 Å². The summed E-state index contributed by atoms with van der Waals surface area (Å²) in [4.78, 5) is 12.4. The number of methoxy groups -OCH3 is 3. The Morgan fingerprint density at radius 1 is 0.905 bits per heavy atom. The van der Waals surface area contributed by atoms with E-state index in [9.17, 15) is 4.79 Å². The molecule has 0 unspecified atom stereocenters. The van der Waals surface area contributed by atoms with Gasteiger partial charge >= 0.3 is 0 Å². The molecule has 0 saturated heterocycles. The maximum Gasteiger partial charge on any atom is 0.259 e. The van der Waals surface area contributed by atoms with Crippen LogP contribution < -0.4 is 19.5 Å². The molecule has 0 bridgehead atoms. The van der Waals surface area contributed by atoms with Crippen LogP contribution in [0.1, 0.15) is 10.4 Å². The Kier molecular flexibility index (Phi) is 4.66. The van der Waals surface area contributed by atoms with Crippen LogP contribution in [-0.2, 0) is 0 Å². The van der Waals surface area contributed by atoms with Gasteiger partial charge in [-0.1, -0.05) is 6.07 Å². The molecule has 0 atom stereocenters. The second kappa shape index (κ2) is 6.65. The van der Waals surface area contributed by atoms with Gasteiger partial charge in [-0.05, 0) is 30.3 Å². The molecule has 2 aromatic carbocycles. The zero-order valence-corrected chi connectivity index (χ0v) is 12.2. The van der Waals surface area contributed by atoms with Gasteiger partial charge in [0.2, 0.25) is 0 Å². The molecular formula is C16H17NO4. The number of benzene rings is 2. The Balaban J connectivity index is 2.26. The molecule has 5 nitrogen and oxygen atoms in total. The molecule has 0 saturated carbocycles. The number of carbonyl (C=O) groups excluding carboxylic acids is 1. The smallest absolute Gasteiger partial charge is 0.259 e. The van der Waals surface area contributed by atoms with Crippen molar-refractivity contribution < 1.29 is 19.0 Å². The van der Waals surface area contributed by atoms with Crippen LogP contribution in [0.3, 0.4) is 0 Å². The largest absolute Gasteiger partial charge is 0.497 e. The lowest BCUT2D eigenvalue weighted by atomic mass is 10.1. The van der Waals surface area contributed by atoms with Crippen molar-refractivity contribution in [2.45, 2.75) is 0 Å². The lowest BCUT2D eigenvalue weighted by Crippen LogP contribution is -2.13. The maximum atomic E-state index is 12.4. The van der Waals surface area contributed by atoms with E-state index in [-0.39, 0.29) is 5.91 Å². The van der Waals surface area contributed by atoms with E-state index in [0.717, 1.165) is 0 Å². The predicted octanol–water partition coefficient (Wildman–Crippen LogP) is 2.96. The van der Waals surface area contributed by atoms with Crippen molar-refractivity contribution in [3.8, 4) is 17.2 Å². The Bertz CT molecular complexity index is 640. The number of nitrogens with one attached hydrogen (secondary N) is 1. The Hall–Kier alpha value is -2.69. The molecule has 0 aliphatic carbocycles. The van der Waals surface area contributed by atoms with Gasteiger partial charge in [-0.25, -0.2) is 0 Å². The minimum atomic E-state index is -0.279. The van der Waals surface area contributed by atoms with E-state index in [1.165, 1.54) is 7.11 Å². The molecular weight excluding hydrogens is 270 g/mol. The normalized spacial score (nSPS) is 9.86. The summed E-state index contributed by atoms with van der Waals surface area (Å²) >= 11 is 0. The lowest BCUT2D eigenvalue weighted by molar-refractivity contribution is 0.102. The maximum absolute atomic E-state index is 12.4. The third-order valence-corrected chi connectivity index (χ3v) is 2.98. The van der Waals surface area contributed by atoms with E-state index in [2.05, 4.69) is 5.32 Å². The molecule has 2 rings (SSSR count). The number of anilines is 1. The number of amides is 1. The highest BCUT2D eigenvalue weighted by Crippen LogP contribution is 2.25. The Morgan fingerprint density at radius 2 is 1.62 bits per heavy atom. The van der Waals surface area contributed by atoms with E-state index in [0.29, 0.717) is 28.5 Å². The fourth-order valence-electron chi connectivity index (χ4n) is 1.89. The minimum Gasteiger partial charge on any atom is -0.497 e. The summed E-state index contributed by atoms with van der Waals surface area (Å²) in [5.41, 5.74) is 1.05. The highest BCUT2D eigenvalue weighted by atomic mass is 16.5. The van der Waals surface area contributed by atoms with Crippen LogP contribution in [0.5, 0.6) is 17.2 Å². The second-order valence-electron chi connectivity index (χ2n) is 4.25. The van der Waals surface area contributed by atoms with Gasteiger partial charge in [-0.3, -0.25) is 4.79 Å². The third kappa shape index (κ3) is 3.45. The van der Waals surface area contributed by atoms with Crippen molar-refractivity contribution in [3.63, 3.8) is 0 Å². The molecule has 0 spiro atoms. The van der Waals surface area contributed by atoms with Crippen molar-refractivity contribution in [1.82, 2.24) is 0 Å². The summed E-state index contributed by atoms with van der Waals surface area (Å²) in [6, 6.07) is 12.2. The molecule has 0 aromatic heterocycles. The van der Waals surface area contributed by atoms with Gasteiger partial charge in [0, 0.05) is 11.8 Å². The van der Waals surface area contributed by atoms with Gasteiger partial charge in [0.1, 0.15) is 17.2 Å². The lowest BCUT2D eigenvalue weighted by Gasteiger charge is -2.11. The molecule has 2 aromatic rings. The number of hydrogen-bond acceptors (Lipinski definition) is 4. The SMILES string of the molecule is COc1cccc(NC(=O)c2cc(OC)ccc2OC)c1. The Labute approximate surface area is 123 Å². The topological polar surface area (TPSA) is 56.8 Å².